The highest BCUT2D eigenvalue weighted by Crippen LogP contribution is 2.37. The number of fused-ring (bicyclic) bond motifs is 2. The SMILES string of the molecule is C#CC#CC#CC#CC#CC#CC#CC#CC#CC#CC#C[n+]1c(C=CC=CC=CC=C2C=Cc3ccccc3C2CCCCCCCCCCCCCC)ccc2ccccc21. The van der Waals surface area contributed by atoms with Crippen molar-refractivity contribution in [3.63, 3.8) is 0 Å². The van der Waals surface area contributed by atoms with Crippen LogP contribution in [0, 0.1) is 131 Å². The molecule has 63 heavy (non-hydrogen) atoms. The standard InChI is InChI=1S/C62H50N/c1-3-5-7-9-11-13-15-17-18-19-20-21-22-23-24-26-28-30-35-43-55-63-59(54-53-58-46-40-42-50-62(58)63)47-37-33-31-32-36-44-56-51-52-57-45-39-41-49-61(57)60(56)48-38-34-29-27-25-16-14-12-10-8-6-4-2/h1,31-33,36-37,39-42,44-47,49-54,60H,4,6,8,10,12,14,16,25,27,29,34,38,48H2,2H3/q+1. The lowest BCUT2D eigenvalue weighted by Crippen LogP contribution is -2.32. The van der Waals surface area contributed by atoms with E-state index in [-0.39, 0.29) is 0 Å². The molecule has 0 N–H and O–H groups in total. The maximum atomic E-state index is 4.99. The highest BCUT2D eigenvalue weighted by atomic mass is 14.9. The third-order valence-corrected chi connectivity index (χ3v) is 9.81. The molecule has 1 atom stereocenters. The number of terminal acetylenes is 1. The van der Waals surface area contributed by atoms with Gasteiger partial charge in [0.2, 0.25) is 17.3 Å². The van der Waals surface area contributed by atoms with Crippen LogP contribution in [-0.2, 0) is 0 Å². The van der Waals surface area contributed by atoms with Gasteiger partial charge in [0.25, 0.3) is 0 Å². The van der Waals surface area contributed by atoms with E-state index in [1.165, 1.54) is 100 Å². The second kappa shape index (κ2) is 31.6. The maximum Gasteiger partial charge on any atom is 0.244 e. The van der Waals surface area contributed by atoms with E-state index in [4.69, 9.17) is 6.42 Å². The number of nitrogens with zero attached hydrogens (tertiary/aromatic N) is 1. The van der Waals surface area contributed by atoms with Crippen LogP contribution in [0.1, 0.15) is 113 Å². The molecule has 0 saturated carbocycles. The number of rotatable bonds is 17. The maximum absolute atomic E-state index is 4.99. The van der Waals surface area contributed by atoms with Gasteiger partial charge in [-0.15, -0.1) is 11.0 Å². The van der Waals surface area contributed by atoms with E-state index in [0.717, 1.165) is 16.6 Å². The summed E-state index contributed by atoms with van der Waals surface area (Å²) in [5, 5.41) is 1.08. The van der Waals surface area contributed by atoms with Crippen LogP contribution < -0.4 is 4.57 Å². The van der Waals surface area contributed by atoms with Gasteiger partial charge < -0.3 is 0 Å². The first-order valence-electron chi connectivity index (χ1n) is 21.7. The van der Waals surface area contributed by atoms with Crippen LogP contribution in [0.5, 0.6) is 0 Å². The van der Waals surface area contributed by atoms with Gasteiger partial charge in [-0.05, 0) is 82.6 Å². The zero-order valence-corrected chi connectivity index (χ0v) is 36.3. The number of para-hydroxylation sites is 1. The molecule has 0 spiro atoms. The quantitative estimate of drug-likeness (QED) is 0.0554. The minimum Gasteiger partial charge on any atom is -0.106 e. The number of hydrogen-bond donors (Lipinski definition) is 0. The van der Waals surface area contributed by atoms with Crippen molar-refractivity contribution in [1.29, 1.82) is 0 Å². The molecule has 0 bridgehead atoms. The zero-order chi connectivity index (χ0) is 44.1. The lowest BCUT2D eigenvalue weighted by molar-refractivity contribution is -0.556. The van der Waals surface area contributed by atoms with Crippen LogP contribution in [0.3, 0.4) is 0 Å². The van der Waals surface area contributed by atoms with Crippen molar-refractivity contribution in [2.24, 2.45) is 0 Å². The van der Waals surface area contributed by atoms with Gasteiger partial charge in [-0.3, -0.25) is 0 Å². The molecule has 0 saturated heterocycles. The van der Waals surface area contributed by atoms with Crippen molar-refractivity contribution in [3.05, 3.63) is 126 Å². The van der Waals surface area contributed by atoms with Gasteiger partial charge in [0.1, 0.15) is 0 Å². The molecule has 1 heteroatoms. The summed E-state index contributed by atoms with van der Waals surface area (Å²) in [4.78, 5) is 0. The summed E-state index contributed by atoms with van der Waals surface area (Å²) in [5.41, 5.74) is 6.09. The van der Waals surface area contributed by atoms with Crippen LogP contribution in [-0.4, -0.2) is 0 Å². The monoisotopic (exact) mass is 808 g/mol. The molecule has 0 fully saturated rings. The van der Waals surface area contributed by atoms with Gasteiger partial charge in [0.15, 0.2) is 0 Å². The van der Waals surface area contributed by atoms with Crippen molar-refractivity contribution < 1.29 is 4.57 Å². The fourth-order valence-electron chi connectivity index (χ4n) is 6.79. The molecule has 4 rings (SSSR count). The number of unbranched alkanes of at least 4 members (excludes halogenated alkanes) is 11. The molecule has 0 amide bonds. The van der Waals surface area contributed by atoms with Gasteiger partial charge >= 0.3 is 0 Å². The Morgan fingerprint density at radius 3 is 1.62 bits per heavy atom. The first-order chi connectivity index (χ1) is 31.3. The Kier molecular flexibility index (Phi) is 23.8. The average molecular weight is 809 g/mol. The van der Waals surface area contributed by atoms with E-state index in [0.29, 0.717) is 5.92 Å². The summed E-state index contributed by atoms with van der Waals surface area (Å²) in [6.07, 6.45) is 41.9. The first-order valence-corrected chi connectivity index (χ1v) is 21.7. The summed E-state index contributed by atoms with van der Waals surface area (Å²) in [5.74, 6) is 51.8. The van der Waals surface area contributed by atoms with E-state index in [1.54, 1.807) is 0 Å². The van der Waals surface area contributed by atoms with E-state index in [2.05, 4.69) is 210 Å². The Morgan fingerprint density at radius 2 is 1.00 bits per heavy atom. The topological polar surface area (TPSA) is 3.88 Å². The first kappa shape index (κ1) is 47.4. The molecule has 1 nitrogen and oxygen atoms in total. The van der Waals surface area contributed by atoms with Gasteiger partial charge in [-0.25, -0.2) is 0 Å². The largest absolute Gasteiger partial charge is 0.244 e. The average Bonchev–Trinajstić information content (AvgIpc) is 3.31. The summed E-state index contributed by atoms with van der Waals surface area (Å²) in [7, 11) is 0. The Bertz CT molecular complexity index is 2900. The van der Waals surface area contributed by atoms with Crippen molar-refractivity contribution in [2.45, 2.75) is 96.3 Å². The Hall–Kier alpha value is -8.29. The minimum atomic E-state index is 0.433. The number of hydrogen-bond acceptors (Lipinski definition) is 0. The molecule has 1 aliphatic rings. The minimum absolute atomic E-state index is 0.433. The number of pyridine rings is 1. The second-order valence-electron chi connectivity index (χ2n) is 14.3. The normalized spacial score (nSPS) is 12.0. The lowest BCUT2D eigenvalue weighted by atomic mass is 9.80. The lowest BCUT2D eigenvalue weighted by Gasteiger charge is -2.24. The molecule has 302 valence electrons. The smallest absolute Gasteiger partial charge is 0.106 e. The van der Waals surface area contributed by atoms with E-state index < -0.39 is 0 Å². The number of benzene rings is 2. The Balaban J connectivity index is 1.31. The van der Waals surface area contributed by atoms with E-state index in [9.17, 15) is 0 Å². The summed E-state index contributed by atoms with van der Waals surface area (Å²) < 4.78 is 1.94. The summed E-state index contributed by atoms with van der Waals surface area (Å²) >= 11 is 0. The van der Waals surface area contributed by atoms with Crippen molar-refractivity contribution >= 4 is 23.1 Å². The van der Waals surface area contributed by atoms with E-state index >= 15 is 0 Å². The third-order valence-electron chi connectivity index (χ3n) is 9.81. The molecule has 3 aromatic rings. The van der Waals surface area contributed by atoms with Crippen LogP contribution in [0.4, 0.5) is 0 Å². The molecule has 1 unspecified atom stereocenters. The van der Waals surface area contributed by atoms with Gasteiger partial charge in [-0.1, -0.05) is 169 Å². The van der Waals surface area contributed by atoms with Crippen molar-refractivity contribution in [2.75, 3.05) is 0 Å². The summed E-state index contributed by atoms with van der Waals surface area (Å²) in [6.45, 7) is 2.29. The van der Waals surface area contributed by atoms with Gasteiger partial charge in [-0.2, -0.15) is 0 Å². The third kappa shape index (κ3) is 19.5. The molecule has 1 aromatic heterocycles. The molecule has 0 radical (unpaired) electrons. The molecular weight excluding hydrogens is 759 g/mol. The van der Waals surface area contributed by atoms with Crippen LogP contribution in [0.25, 0.3) is 23.1 Å². The van der Waals surface area contributed by atoms with E-state index in [1.807, 2.05) is 41.0 Å². The predicted octanol–water partition coefficient (Wildman–Crippen LogP) is 11.6. The number of allylic oxidation sites excluding steroid dienone is 8. The van der Waals surface area contributed by atoms with Crippen LogP contribution in [0.2, 0.25) is 0 Å². The molecule has 0 aliphatic heterocycles. The zero-order valence-electron chi connectivity index (χ0n) is 36.3. The molecule has 1 heterocycles. The summed E-state index contributed by atoms with van der Waals surface area (Å²) in [6, 6.07) is 24.3. The fourth-order valence-corrected chi connectivity index (χ4v) is 6.79. The highest BCUT2D eigenvalue weighted by Gasteiger charge is 2.20. The molecule has 1 aliphatic carbocycles. The van der Waals surface area contributed by atoms with Gasteiger partial charge in [0, 0.05) is 94.6 Å². The highest BCUT2D eigenvalue weighted by molar-refractivity contribution is 5.76. The fraction of sp³-hybridized carbons (Fsp3) is 0.242. The molecular formula is C62H50N+. The van der Waals surface area contributed by atoms with Crippen molar-refractivity contribution in [1.82, 2.24) is 0 Å². The Labute approximate surface area is 378 Å². The van der Waals surface area contributed by atoms with Crippen LogP contribution >= 0.6 is 0 Å². The van der Waals surface area contributed by atoms with Gasteiger partial charge in [0.05, 0.1) is 5.92 Å². The Morgan fingerprint density at radius 1 is 0.492 bits per heavy atom. The van der Waals surface area contributed by atoms with Crippen LogP contribution in [0.15, 0.2) is 109 Å². The second-order valence-corrected chi connectivity index (χ2v) is 14.3. The molecule has 2 aromatic carbocycles. The van der Waals surface area contributed by atoms with Crippen molar-refractivity contribution in [3.8, 4) is 131 Å². The predicted molar refractivity (Wildman–Crippen MR) is 265 cm³/mol. The number of aromatic nitrogens is 1.